The van der Waals surface area contributed by atoms with Crippen molar-refractivity contribution in [3.63, 3.8) is 0 Å². The highest BCUT2D eigenvalue weighted by Gasteiger charge is 2.04. The van der Waals surface area contributed by atoms with Crippen LogP contribution in [-0.4, -0.2) is 17.1 Å². The Morgan fingerprint density at radius 1 is 1.44 bits per heavy atom. The molecular weight excluding hydrogens is 296 g/mol. The summed E-state index contributed by atoms with van der Waals surface area (Å²) in [6.07, 6.45) is 5.02. The molecule has 0 saturated heterocycles. The number of anilines is 2. The van der Waals surface area contributed by atoms with Crippen LogP contribution in [0.15, 0.2) is 35.2 Å². The highest BCUT2D eigenvalue weighted by molar-refractivity contribution is 9.10. The molecule has 18 heavy (non-hydrogen) atoms. The molecule has 0 radical (unpaired) electrons. The van der Waals surface area contributed by atoms with E-state index in [1.807, 2.05) is 12.1 Å². The van der Waals surface area contributed by atoms with Crippen LogP contribution in [0.5, 0.6) is 5.88 Å². The van der Waals surface area contributed by atoms with E-state index in [1.165, 1.54) is 0 Å². The molecule has 0 aliphatic heterocycles. The third-order valence-corrected chi connectivity index (χ3v) is 3.01. The predicted molar refractivity (Wildman–Crippen MR) is 74.5 cm³/mol. The lowest BCUT2D eigenvalue weighted by Crippen LogP contribution is -2.04. The lowest BCUT2D eigenvalue weighted by molar-refractivity contribution is 0.397. The number of hydrogen-bond donors (Lipinski definition) is 2. The van der Waals surface area contributed by atoms with Crippen LogP contribution in [0.2, 0.25) is 0 Å². The number of nitrogens with two attached hydrogens (primary N) is 1. The smallest absolute Gasteiger partial charge is 0.213 e. The Hall–Kier alpha value is -1.82. The molecule has 0 aromatic carbocycles. The van der Waals surface area contributed by atoms with E-state index >= 15 is 0 Å². The minimum Gasteiger partial charge on any atom is -0.481 e. The second kappa shape index (κ2) is 5.68. The first-order valence-corrected chi connectivity index (χ1v) is 6.12. The van der Waals surface area contributed by atoms with Crippen molar-refractivity contribution in [3.8, 4) is 5.88 Å². The van der Waals surface area contributed by atoms with Gasteiger partial charge in [0.25, 0.3) is 0 Å². The fraction of sp³-hybridized carbons (Fsp3) is 0.167. The maximum absolute atomic E-state index is 5.85. The van der Waals surface area contributed by atoms with E-state index in [4.69, 9.17) is 10.5 Å². The predicted octanol–water partition coefficient (Wildman–Crippen LogP) is 2.44. The van der Waals surface area contributed by atoms with Crippen molar-refractivity contribution in [2.24, 2.45) is 0 Å². The van der Waals surface area contributed by atoms with Crippen molar-refractivity contribution in [2.45, 2.75) is 6.54 Å². The fourth-order valence-corrected chi connectivity index (χ4v) is 1.99. The van der Waals surface area contributed by atoms with Gasteiger partial charge in [-0.05, 0) is 27.6 Å². The molecule has 0 fully saturated rings. The normalized spacial score (nSPS) is 10.1. The second-order valence-electron chi connectivity index (χ2n) is 3.65. The molecule has 94 valence electrons. The Balaban J connectivity index is 2.11. The van der Waals surface area contributed by atoms with Crippen molar-refractivity contribution in [1.29, 1.82) is 0 Å². The minimum atomic E-state index is 0.594. The summed E-state index contributed by atoms with van der Waals surface area (Å²) in [6, 6.07) is 3.79. The van der Waals surface area contributed by atoms with E-state index in [2.05, 4.69) is 31.2 Å². The first-order valence-electron chi connectivity index (χ1n) is 5.32. The summed E-state index contributed by atoms with van der Waals surface area (Å²) in [6.45, 7) is 0.631. The highest BCUT2D eigenvalue weighted by atomic mass is 79.9. The number of rotatable bonds is 4. The van der Waals surface area contributed by atoms with E-state index in [0.29, 0.717) is 18.1 Å². The first-order chi connectivity index (χ1) is 8.70. The van der Waals surface area contributed by atoms with Gasteiger partial charge in [-0.3, -0.25) is 4.98 Å². The molecule has 2 aromatic heterocycles. The summed E-state index contributed by atoms with van der Waals surface area (Å²) in [5.41, 5.74) is 8.35. The Labute approximate surface area is 114 Å². The average molecular weight is 309 g/mol. The monoisotopic (exact) mass is 308 g/mol. The van der Waals surface area contributed by atoms with Gasteiger partial charge in [0.2, 0.25) is 5.88 Å². The van der Waals surface area contributed by atoms with Gasteiger partial charge in [0, 0.05) is 25.0 Å². The van der Waals surface area contributed by atoms with Crippen LogP contribution in [0.1, 0.15) is 5.56 Å². The van der Waals surface area contributed by atoms with Crippen LogP contribution < -0.4 is 15.8 Å². The van der Waals surface area contributed by atoms with Crippen molar-refractivity contribution >= 4 is 27.3 Å². The summed E-state index contributed by atoms with van der Waals surface area (Å²) >= 11 is 3.41. The molecule has 0 aliphatic carbocycles. The Bertz CT molecular complexity index is 527. The largest absolute Gasteiger partial charge is 0.481 e. The lowest BCUT2D eigenvalue weighted by Gasteiger charge is -2.11. The quantitative estimate of drug-likeness (QED) is 0.907. The van der Waals surface area contributed by atoms with Gasteiger partial charge < -0.3 is 15.8 Å². The van der Waals surface area contributed by atoms with Gasteiger partial charge in [-0.25, -0.2) is 4.98 Å². The standard InChI is InChI=1S/C12H13BrN4O/c1-18-11-4-8(2-3-16-11)5-17-12-9(13)6-15-7-10(12)14/h2-4,6-7H,5,14H2,1H3,(H,15,17). The molecule has 0 bridgehead atoms. The van der Waals surface area contributed by atoms with Gasteiger partial charge >= 0.3 is 0 Å². The molecule has 0 spiro atoms. The number of nitrogens with one attached hydrogen (secondary N) is 1. The van der Waals surface area contributed by atoms with Gasteiger partial charge in [0.1, 0.15) is 0 Å². The summed E-state index contributed by atoms with van der Waals surface area (Å²) in [7, 11) is 1.59. The van der Waals surface area contributed by atoms with Gasteiger partial charge in [-0.2, -0.15) is 0 Å². The first kappa shape index (κ1) is 12.6. The molecule has 2 heterocycles. The number of aromatic nitrogens is 2. The summed E-state index contributed by atoms with van der Waals surface area (Å²) < 4.78 is 5.91. The molecule has 0 unspecified atom stereocenters. The molecule has 5 nitrogen and oxygen atoms in total. The zero-order valence-electron chi connectivity index (χ0n) is 9.85. The molecule has 0 amide bonds. The number of ether oxygens (including phenoxy) is 1. The zero-order chi connectivity index (χ0) is 13.0. The number of halogens is 1. The van der Waals surface area contributed by atoms with Crippen LogP contribution in [0.3, 0.4) is 0 Å². The molecular formula is C12H13BrN4O. The fourth-order valence-electron chi connectivity index (χ4n) is 1.50. The topological polar surface area (TPSA) is 73.1 Å². The van der Waals surface area contributed by atoms with Crippen molar-refractivity contribution in [1.82, 2.24) is 9.97 Å². The zero-order valence-corrected chi connectivity index (χ0v) is 11.4. The average Bonchev–Trinajstić information content (AvgIpc) is 2.38. The third-order valence-electron chi connectivity index (χ3n) is 2.41. The van der Waals surface area contributed by atoms with E-state index in [0.717, 1.165) is 15.7 Å². The molecule has 2 rings (SSSR count). The van der Waals surface area contributed by atoms with Gasteiger partial charge in [0.05, 0.1) is 29.2 Å². The maximum atomic E-state index is 5.85. The van der Waals surface area contributed by atoms with Crippen molar-refractivity contribution in [3.05, 3.63) is 40.8 Å². The van der Waals surface area contributed by atoms with E-state index < -0.39 is 0 Å². The lowest BCUT2D eigenvalue weighted by atomic mass is 10.2. The van der Waals surface area contributed by atoms with Crippen LogP contribution in [-0.2, 0) is 6.54 Å². The van der Waals surface area contributed by atoms with Gasteiger partial charge in [0.15, 0.2) is 0 Å². The van der Waals surface area contributed by atoms with Crippen molar-refractivity contribution < 1.29 is 4.74 Å². The van der Waals surface area contributed by atoms with Crippen LogP contribution in [0, 0.1) is 0 Å². The number of methoxy groups -OCH3 is 1. The minimum absolute atomic E-state index is 0.594. The van der Waals surface area contributed by atoms with Crippen LogP contribution >= 0.6 is 15.9 Å². The molecule has 0 atom stereocenters. The molecule has 0 saturated carbocycles. The summed E-state index contributed by atoms with van der Waals surface area (Å²) in [4.78, 5) is 8.04. The Morgan fingerprint density at radius 2 is 2.28 bits per heavy atom. The van der Waals surface area contributed by atoms with E-state index in [-0.39, 0.29) is 0 Å². The van der Waals surface area contributed by atoms with Crippen molar-refractivity contribution in [2.75, 3.05) is 18.2 Å². The van der Waals surface area contributed by atoms with E-state index in [1.54, 1.807) is 25.7 Å². The SMILES string of the molecule is COc1cc(CNc2c(N)cncc2Br)ccn1. The number of hydrogen-bond acceptors (Lipinski definition) is 5. The summed E-state index contributed by atoms with van der Waals surface area (Å²) in [5, 5.41) is 3.25. The third kappa shape index (κ3) is 2.89. The number of pyridine rings is 2. The van der Waals surface area contributed by atoms with E-state index in [9.17, 15) is 0 Å². The van der Waals surface area contributed by atoms with Crippen LogP contribution in [0.4, 0.5) is 11.4 Å². The molecule has 0 aliphatic rings. The van der Waals surface area contributed by atoms with Gasteiger partial charge in [-0.1, -0.05) is 0 Å². The summed E-state index contributed by atoms with van der Waals surface area (Å²) in [5.74, 6) is 0.594. The molecule has 2 aromatic rings. The second-order valence-corrected chi connectivity index (χ2v) is 4.50. The molecule has 3 N–H and O–H groups in total. The molecule has 6 heteroatoms. The Kier molecular flexibility index (Phi) is 3.99. The number of nitrogen functional groups attached to an aromatic ring is 1. The number of nitrogens with zero attached hydrogens (tertiary/aromatic N) is 2. The van der Waals surface area contributed by atoms with Crippen LogP contribution in [0.25, 0.3) is 0 Å². The Morgan fingerprint density at radius 3 is 3.00 bits per heavy atom. The maximum Gasteiger partial charge on any atom is 0.213 e. The van der Waals surface area contributed by atoms with Gasteiger partial charge in [-0.15, -0.1) is 0 Å². The highest BCUT2D eigenvalue weighted by Crippen LogP contribution is 2.27.